The number of aromatic nitrogens is 2. The molecular weight excluding hydrogens is 414 g/mol. The molecule has 3 rings (SSSR count). The number of benzene rings is 1. The van der Waals surface area contributed by atoms with E-state index >= 15 is 0 Å². The lowest BCUT2D eigenvalue weighted by Gasteiger charge is -2.29. The van der Waals surface area contributed by atoms with Gasteiger partial charge >= 0.3 is 0 Å². The topological polar surface area (TPSA) is 79.4 Å². The van der Waals surface area contributed by atoms with Crippen LogP contribution in [-0.2, 0) is 4.79 Å². The molecule has 1 atom stereocenters. The third-order valence-corrected chi connectivity index (χ3v) is 5.75. The van der Waals surface area contributed by atoms with Gasteiger partial charge in [0.25, 0.3) is 0 Å². The Morgan fingerprint density at radius 3 is 2.58 bits per heavy atom. The van der Waals surface area contributed by atoms with Crippen LogP contribution in [0.2, 0.25) is 0 Å². The number of hydrogen-bond donors (Lipinski definition) is 2. The smallest absolute Gasteiger partial charge is 0.224 e. The Morgan fingerprint density at radius 1 is 1.23 bits per heavy atom. The van der Waals surface area contributed by atoms with Gasteiger partial charge in [0.1, 0.15) is 11.6 Å². The molecular formula is C23H34ClN5O2. The van der Waals surface area contributed by atoms with Crippen molar-refractivity contribution >= 4 is 30.1 Å². The predicted octanol–water partition coefficient (Wildman–Crippen LogP) is 4.13. The molecule has 0 radical (unpaired) electrons. The molecule has 0 bridgehead atoms. The van der Waals surface area contributed by atoms with Crippen LogP contribution in [0.15, 0.2) is 30.5 Å². The lowest BCUT2D eigenvalue weighted by atomic mass is 9.85. The fourth-order valence-electron chi connectivity index (χ4n) is 3.96. The molecule has 31 heavy (non-hydrogen) atoms. The quantitative estimate of drug-likeness (QED) is 0.664. The van der Waals surface area contributed by atoms with Crippen molar-refractivity contribution in [1.82, 2.24) is 15.3 Å². The molecule has 0 unspecified atom stereocenters. The molecule has 8 heteroatoms. The first kappa shape index (κ1) is 24.7. The minimum atomic E-state index is -0.0474. The van der Waals surface area contributed by atoms with Crippen LogP contribution in [0.25, 0.3) is 0 Å². The van der Waals surface area contributed by atoms with Gasteiger partial charge in [0.15, 0.2) is 0 Å². The van der Waals surface area contributed by atoms with Crippen molar-refractivity contribution in [3.63, 3.8) is 0 Å². The summed E-state index contributed by atoms with van der Waals surface area (Å²) in [6, 6.07) is 8.08. The summed E-state index contributed by atoms with van der Waals surface area (Å²) < 4.78 is 5.28. The van der Waals surface area contributed by atoms with E-state index in [1.807, 2.05) is 63.3 Å². The van der Waals surface area contributed by atoms with Crippen LogP contribution in [0.4, 0.5) is 11.8 Å². The number of aryl methyl sites for hydroxylation is 1. The Kier molecular flexibility index (Phi) is 8.92. The second-order valence-electron chi connectivity index (χ2n) is 8.29. The molecule has 0 aliphatic heterocycles. The van der Waals surface area contributed by atoms with Crippen molar-refractivity contribution in [2.45, 2.75) is 51.6 Å². The van der Waals surface area contributed by atoms with Crippen LogP contribution in [0.3, 0.4) is 0 Å². The summed E-state index contributed by atoms with van der Waals surface area (Å²) in [5, 5.41) is 6.61. The van der Waals surface area contributed by atoms with Gasteiger partial charge in [-0.3, -0.25) is 4.79 Å². The highest BCUT2D eigenvalue weighted by Crippen LogP contribution is 2.28. The van der Waals surface area contributed by atoms with Gasteiger partial charge in [0, 0.05) is 37.8 Å². The number of nitrogens with zero attached hydrogens (tertiary/aromatic N) is 3. The van der Waals surface area contributed by atoms with Gasteiger partial charge in [-0.25, -0.2) is 4.98 Å². The largest absolute Gasteiger partial charge is 0.497 e. The zero-order valence-electron chi connectivity index (χ0n) is 19.0. The number of halogens is 1. The van der Waals surface area contributed by atoms with Crippen molar-refractivity contribution in [3.05, 3.63) is 41.6 Å². The van der Waals surface area contributed by atoms with Crippen LogP contribution < -0.4 is 20.3 Å². The molecule has 2 N–H and O–H groups in total. The molecule has 1 fully saturated rings. The number of nitrogens with one attached hydrogen (secondary N) is 2. The van der Waals surface area contributed by atoms with Crippen molar-refractivity contribution in [3.8, 4) is 5.75 Å². The van der Waals surface area contributed by atoms with Crippen LogP contribution in [0.5, 0.6) is 5.75 Å². The lowest BCUT2D eigenvalue weighted by Crippen LogP contribution is -2.37. The number of methoxy groups -OCH3 is 1. The molecule has 1 heterocycles. The minimum absolute atomic E-state index is 0. The molecule has 1 aliphatic carbocycles. The van der Waals surface area contributed by atoms with E-state index in [9.17, 15) is 4.79 Å². The van der Waals surface area contributed by atoms with E-state index in [2.05, 4.69) is 20.6 Å². The molecule has 7 nitrogen and oxygen atoms in total. The van der Waals surface area contributed by atoms with Gasteiger partial charge < -0.3 is 20.3 Å². The van der Waals surface area contributed by atoms with Crippen LogP contribution in [0, 0.1) is 12.8 Å². The first-order valence-corrected chi connectivity index (χ1v) is 10.6. The Hall–Kier alpha value is -2.54. The first-order valence-electron chi connectivity index (χ1n) is 10.6. The molecule has 1 aromatic carbocycles. The molecule has 1 aromatic heterocycles. The van der Waals surface area contributed by atoms with Gasteiger partial charge in [-0.15, -0.1) is 12.4 Å². The fourth-order valence-corrected chi connectivity index (χ4v) is 3.96. The third-order valence-electron chi connectivity index (χ3n) is 5.75. The van der Waals surface area contributed by atoms with Crippen molar-refractivity contribution in [1.29, 1.82) is 0 Å². The molecule has 1 saturated carbocycles. The SMILES string of the molecule is COc1cccc([C@@H](C)NC(=O)[C@H]2CC[C@@H](Nc3ncc(C)c(N(C)C)n3)CC2)c1.Cl. The number of hydrogen-bond acceptors (Lipinski definition) is 6. The van der Waals surface area contributed by atoms with Crippen LogP contribution in [0.1, 0.15) is 49.8 Å². The molecule has 2 aromatic rings. The number of rotatable bonds is 7. The standard InChI is InChI=1S/C23H33N5O2.ClH/c1-15-14-24-23(27-21(15)28(3)4)26-19-11-9-17(10-12-19)22(29)25-16(2)18-7-6-8-20(13-18)30-5;/h6-8,13-14,16-17,19H,9-12H2,1-5H3,(H,25,29)(H,24,26,27);1H/t16-,17-,19+;/m1./s1. The molecule has 0 spiro atoms. The van der Waals surface area contributed by atoms with Gasteiger partial charge in [-0.1, -0.05) is 12.1 Å². The highest BCUT2D eigenvalue weighted by Gasteiger charge is 2.27. The molecule has 170 valence electrons. The average Bonchev–Trinajstić information content (AvgIpc) is 2.75. The lowest BCUT2D eigenvalue weighted by molar-refractivity contribution is -0.126. The Balaban J connectivity index is 0.00000341. The summed E-state index contributed by atoms with van der Waals surface area (Å²) in [5.41, 5.74) is 2.10. The van der Waals surface area contributed by atoms with E-state index in [0.717, 1.165) is 48.4 Å². The van der Waals surface area contributed by atoms with E-state index in [1.165, 1.54) is 0 Å². The summed E-state index contributed by atoms with van der Waals surface area (Å²) in [7, 11) is 5.61. The normalized spacial score (nSPS) is 19.0. The van der Waals surface area contributed by atoms with Gasteiger partial charge in [0.05, 0.1) is 13.2 Å². The summed E-state index contributed by atoms with van der Waals surface area (Å²) in [4.78, 5) is 23.8. The maximum absolute atomic E-state index is 12.8. The van der Waals surface area contributed by atoms with Gasteiger partial charge in [0.2, 0.25) is 11.9 Å². The summed E-state index contributed by atoms with van der Waals surface area (Å²) in [5.74, 6) is 2.56. The maximum Gasteiger partial charge on any atom is 0.224 e. The Morgan fingerprint density at radius 2 is 1.94 bits per heavy atom. The summed E-state index contributed by atoms with van der Waals surface area (Å²) in [6.45, 7) is 4.02. The number of anilines is 2. The number of carbonyl (C=O) groups excluding carboxylic acids is 1. The second-order valence-corrected chi connectivity index (χ2v) is 8.29. The summed E-state index contributed by atoms with van der Waals surface area (Å²) in [6.07, 6.45) is 5.44. The van der Waals surface area contributed by atoms with Gasteiger partial charge in [-0.05, 0) is 57.2 Å². The number of amides is 1. The van der Waals surface area contributed by atoms with E-state index < -0.39 is 0 Å². The first-order chi connectivity index (χ1) is 14.4. The number of carbonyl (C=O) groups is 1. The Bertz CT molecular complexity index is 869. The van der Waals surface area contributed by atoms with Crippen molar-refractivity contribution in [2.24, 2.45) is 5.92 Å². The van der Waals surface area contributed by atoms with Crippen molar-refractivity contribution in [2.75, 3.05) is 31.4 Å². The monoisotopic (exact) mass is 447 g/mol. The average molecular weight is 448 g/mol. The fraction of sp³-hybridized carbons (Fsp3) is 0.522. The van der Waals surface area contributed by atoms with E-state index in [-0.39, 0.29) is 30.3 Å². The molecule has 1 amide bonds. The van der Waals surface area contributed by atoms with Crippen LogP contribution >= 0.6 is 12.4 Å². The molecule has 0 saturated heterocycles. The van der Waals surface area contributed by atoms with E-state index in [0.29, 0.717) is 12.0 Å². The zero-order chi connectivity index (χ0) is 21.7. The van der Waals surface area contributed by atoms with Crippen molar-refractivity contribution < 1.29 is 9.53 Å². The second kappa shape index (κ2) is 11.2. The Labute approximate surface area is 191 Å². The highest BCUT2D eigenvalue weighted by atomic mass is 35.5. The van der Waals surface area contributed by atoms with E-state index in [1.54, 1.807) is 7.11 Å². The van der Waals surface area contributed by atoms with Gasteiger partial charge in [-0.2, -0.15) is 4.98 Å². The molecule has 1 aliphatic rings. The number of ether oxygens (including phenoxy) is 1. The van der Waals surface area contributed by atoms with Crippen LogP contribution in [-0.4, -0.2) is 43.1 Å². The van der Waals surface area contributed by atoms with E-state index in [4.69, 9.17) is 4.74 Å². The maximum atomic E-state index is 12.8. The predicted molar refractivity (Wildman–Crippen MR) is 127 cm³/mol. The minimum Gasteiger partial charge on any atom is -0.497 e. The third kappa shape index (κ3) is 6.47. The summed E-state index contributed by atoms with van der Waals surface area (Å²) >= 11 is 0. The zero-order valence-corrected chi connectivity index (χ0v) is 19.8. The highest BCUT2D eigenvalue weighted by molar-refractivity contribution is 5.85.